The second-order valence-electron chi connectivity index (χ2n) is 7.46. The minimum atomic E-state index is -0.693. The average molecular weight is 409 g/mol. The van der Waals surface area contributed by atoms with Gasteiger partial charge < -0.3 is 20.7 Å². The fraction of sp³-hybridized carbons (Fsp3) is 0.684. The van der Waals surface area contributed by atoms with Crippen LogP contribution in [0.4, 0.5) is 0 Å². The number of amides is 3. The van der Waals surface area contributed by atoms with E-state index < -0.39 is 11.9 Å². The molecule has 3 N–H and O–H groups in total. The highest BCUT2D eigenvalue weighted by Crippen LogP contribution is 2.26. The zero-order valence-corrected chi connectivity index (χ0v) is 16.8. The van der Waals surface area contributed by atoms with Crippen LogP contribution >= 0.6 is 11.3 Å². The van der Waals surface area contributed by atoms with Crippen molar-refractivity contribution in [3.05, 3.63) is 16.1 Å². The summed E-state index contributed by atoms with van der Waals surface area (Å²) < 4.78 is 5.32. The molecule has 9 heteroatoms. The molecule has 8 nitrogen and oxygen atoms in total. The van der Waals surface area contributed by atoms with Crippen LogP contribution in [-0.2, 0) is 20.7 Å². The van der Waals surface area contributed by atoms with Crippen LogP contribution in [-0.4, -0.2) is 60.0 Å². The van der Waals surface area contributed by atoms with E-state index in [1.807, 2.05) is 0 Å². The van der Waals surface area contributed by atoms with Crippen molar-refractivity contribution in [2.24, 2.45) is 11.7 Å². The molecule has 28 heavy (non-hydrogen) atoms. The van der Waals surface area contributed by atoms with Gasteiger partial charge in [-0.2, -0.15) is 0 Å². The molecule has 2 aliphatic rings. The number of aromatic nitrogens is 1. The van der Waals surface area contributed by atoms with E-state index in [0.717, 1.165) is 12.8 Å². The maximum Gasteiger partial charge on any atom is 0.268 e. The van der Waals surface area contributed by atoms with Crippen molar-refractivity contribution in [1.82, 2.24) is 15.2 Å². The van der Waals surface area contributed by atoms with Gasteiger partial charge in [0, 0.05) is 31.3 Å². The summed E-state index contributed by atoms with van der Waals surface area (Å²) in [6, 6.07) is -0.693. The molecule has 3 rings (SSSR count). The van der Waals surface area contributed by atoms with Gasteiger partial charge in [0.15, 0.2) is 0 Å². The Labute approximate surface area is 168 Å². The lowest BCUT2D eigenvalue weighted by molar-refractivity contribution is -0.140. The molecule has 0 unspecified atom stereocenters. The summed E-state index contributed by atoms with van der Waals surface area (Å²) in [6.45, 7) is 2.02. The summed E-state index contributed by atoms with van der Waals surface area (Å²) in [5, 5.41) is 5.12. The third kappa shape index (κ3) is 5.75. The van der Waals surface area contributed by atoms with Crippen LogP contribution in [0.15, 0.2) is 5.38 Å². The van der Waals surface area contributed by atoms with Crippen LogP contribution in [0, 0.1) is 5.92 Å². The number of carbonyl (C=O) groups is 3. The number of morpholine rings is 1. The van der Waals surface area contributed by atoms with Crippen molar-refractivity contribution >= 4 is 29.1 Å². The van der Waals surface area contributed by atoms with Gasteiger partial charge in [-0.25, -0.2) is 4.98 Å². The Bertz CT molecular complexity index is 696. The van der Waals surface area contributed by atoms with Crippen LogP contribution in [0.2, 0.25) is 0 Å². The summed E-state index contributed by atoms with van der Waals surface area (Å²) >= 11 is 1.27. The van der Waals surface area contributed by atoms with E-state index in [1.165, 1.54) is 30.6 Å². The molecule has 1 aliphatic carbocycles. The Hall–Kier alpha value is -2.00. The maximum absolute atomic E-state index is 13.0. The number of nitrogens with two attached hydrogens (primary N) is 1. The van der Waals surface area contributed by atoms with Gasteiger partial charge in [0.1, 0.15) is 11.7 Å². The highest BCUT2D eigenvalue weighted by molar-refractivity contribution is 7.09. The number of ether oxygens (including phenoxy) is 1. The lowest BCUT2D eigenvalue weighted by Gasteiger charge is -2.31. The maximum atomic E-state index is 13.0. The highest BCUT2D eigenvalue weighted by Gasteiger charge is 2.29. The van der Waals surface area contributed by atoms with E-state index in [-0.39, 0.29) is 23.9 Å². The monoisotopic (exact) mass is 408 g/mol. The van der Waals surface area contributed by atoms with E-state index in [2.05, 4.69) is 10.3 Å². The van der Waals surface area contributed by atoms with Crippen molar-refractivity contribution in [2.45, 2.75) is 51.0 Å². The van der Waals surface area contributed by atoms with Crippen molar-refractivity contribution in [1.29, 1.82) is 0 Å². The van der Waals surface area contributed by atoms with Gasteiger partial charge in [-0.1, -0.05) is 19.3 Å². The number of hydrogen-bond donors (Lipinski definition) is 2. The lowest BCUT2D eigenvalue weighted by Crippen LogP contribution is -2.52. The van der Waals surface area contributed by atoms with Crippen LogP contribution in [0.25, 0.3) is 0 Å². The molecule has 0 aromatic carbocycles. The van der Waals surface area contributed by atoms with Crippen LogP contribution < -0.4 is 11.1 Å². The Kier molecular flexibility index (Phi) is 7.38. The second-order valence-corrected chi connectivity index (χ2v) is 8.40. The van der Waals surface area contributed by atoms with Crippen LogP contribution in [0.3, 0.4) is 0 Å². The molecule has 1 aliphatic heterocycles. The molecule has 0 bridgehead atoms. The summed E-state index contributed by atoms with van der Waals surface area (Å²) in [7, 11) is 0. The first-order valence-electron chi connectivity index (χ1n) is 9.93. The van der Waals surface area contributed by atoms with Gasteiger partial charge in [-0.3, -0.25) is 14.4 Å². The molecule has 0 radical (unpaired) electrons. The van der Waals surface area contributed by atoms with Gasteiger partial charge in [0.25, 0.3) is 5.91 Å². The molecule has 1 saturated heterocycles. The predicted octanol–water partition coefficient (Wildman–Crippen LogP) is 1.10. The molecule has 1 aromatic rings. The summed E-state index contributed by atoms with van der Waals surface area (Å²) in [4.78, 5) is 42.8. The zero-order chi connectivity index (χ0) is 19.9. The first-order valence-corrected chi connectivity index (χ1v) is 10.8. The summed E-state index contributed by atoms with van der Waals surface area (Å²) in [5.74, 6) is -0.421. The average Bonchev–Trinajstić information content (AvgIpc) is 3.17. The molecule has 2 fully saturated rings. The standard InChI is InChI=1S/C19H28N4O4S/c20-18(25)15-12-28-17(22-15)11-14(19(26)23-6-8-27-9-7-23)21-16(24)10-13-4-2-1-3-5-13/h12-14H,1-11H2,(H2,20,25)(H,21,24)/t14-/m0/s1. The number of nitrogens with one attached hydrogen (secondary N) is 1. The largest absolute Gasteiger partial charge is 0.378 e. The molecule has 1 atom stereocenters. The third-order valence-corrected chi connectivity index (χ3v) is 6.21. The van der Waals surface area contributed by atoms with E-state index >= 15 is 0 Å². The Morgan fingerprint density at radius 2 is 1.96 bits per heavy atom. The van der Waals surface area contributed by atoms with E-state index in [4.69, 9.17) is 10.5 Å². The number of carbonyl (C=O) groups excluding carboxylic acids is 3. The predicted molar refractivity (Wildman–Crippen MR) is 105 cm³/mol. The van der Waals surface area contributed by atoms with E-state index in [9.17, 15) is 14.4 Å². The Balaban J connectivity index is 1.66. The Morgan fingerprint density at radius 3 is 2.61 bits per heavy atom. The smallest absolute Gasteiger partial charge is 0.268 e. The number of hydrogen-bond acceptors (Lipinski definition) is 6. The van der Waals surface area contributed by atoms with Crippen molar-refractivity contribution in [3.8, 4) is 0 Å². The third-order valence-electron chi connectivity index (χ3n) is 5.34. The van der Waals surface area contributed by atoms with Gasteiger partial charge in [0.2, 0.25) is 11.8 Å². The van der Waals surface area contributed by atoms with Gasteiger partial charge in [-0.15, -0.1) is 11.3 Å². The second kappa shape index (κ2) is 9.97. The number of rotatable bonds is 7. The molecule has 3 amide bonds. The molecular formula is C19H28N4O4S. The topological polar surface area (TPSA) is 115 Å². The SMILES string of the molecule is NC(=O)c1csc(C[C@H](NC(=O)CC2CCCCC2)C(=O)N2CCOCC2)n1. The van der Waals surface area contributed by atoms with E-state index in [1.54, 1.807) is 10.3 Å². The van der Waals surface area contributed by atoms with Crippen molar-refractivity contribution < 1.29 is 19.1 Å². The molecule has 1 aromatic heterocycles. The van der Waals surface area contributed by atoms with Crippen LogP contribution in [0.5, 0.6) is 0 Å². The minimum absolute atomic E-state index is 0.0924. The quantitative estimate of drug-likeness (QED) is 0.701. The number of nitrogens with zero attached hydrogens (tertiary/aromatic N) is 2. The zero-order valence-electron chi connectivity index (χ0n) is 16.0. The van der Waals surface area contributed by atoms with Crippen molar-refractivity contribution in [3.63, 3.8) is 0 Å². The normalized spacial score (nSPS) is 19.2. The number of primary amides is 1. The van der Waals surface area contributed by atoms with Gasteiger partial charge in [-0.05, 0) is 18.8 Å². The first-order chi connectivity index (χ1) is 13.5. The highest BCUT2D eigenvalue weighted by atomic mass is 32.1. The molecule has 2 heterocycles. The number of thiazole rings is 1. The van der Waals surface area contributed by atoms with Gasteiger partial charge >= 0.3 is 0 Å². The van der Waals surface area contributed by atoms with Crippen molar-refractivity contribution in [2.75, 3.05) is 26.3 Å². The summed E-state index contributed by atoms with van der Waals surface area (Å²) in [6.07, 6.45) is 6.43. The van der Waals surface area contributed by atoms with Crippen LogP contribution in [0.1, 0.15) is 54.0 Å². The fourth-order valence-electron chi connectivity index (χ4n) is 3.80. The molecular weight excluding hydrogens is 380 g/mol. The minimum Gasteiger partial charge on any atom is -0.378 e. The van der Waals surface area contributed by atoms with E-state index in [0.29, 0.717) is 43.6 Å². The first kappa shape index (κ1) is 20.7. The summed E-state index contributed by atoms with van der Waals surface area (Å²) in [5.41, 5.74) is 5.45. The fourth-order valence-corrected chi connectivity index (χ4v) is 4.63. The lowest BCUT2D eigenvalue weighted by atomic mass is 9.87. The molecule has 0 spiro atoms. The Morgan fingerprint density at radius 1 is 1.25 bits per heavy atom. The van der Waals surface area contributed by atoms with Gasteiger partial charge in [0.05, 0.1) is 18.2 Å². The molecule has 154 valence electrons. The molecule has 1 saturated carbocycles.